The zero-order valence-corrected chi connectivity index (χ0v) is 16.4. The quantitative estimate of drug-likeness (QED) is 0.347. The summed E-state index contributed by atoms with van der Waals surface area (Å²) >= 11 is 6.00. The molecule has 1 saturated heterocycles. The summed E-state index contributed by atoms with van der Waals surface area (Å²) in [5.74, 6) is 3.12. The van der Waals surface area contributed by atoms with E-state index in [0.29, 0.717) is 11.1 Å². The van der Waals surface area contributed by atoms with Crippen LogP contribution in [0.15, 0.2) is 30.3 Å². The normalized spacial score (nSPS) is 18.4. The van der Waals surface area contributed by atoms with Crippen molar-refractivity contribution in [2.75, 3.05) is 20.2 Å². The average Bonchev–Trinajstić information content (AvgIpc) is 2.89. The third-order valence-corrected chi connectivity index (χ3v) is 4.32. The summed E-state index contributed by atoms with van der Waals surface area (Å²) in [5.41, 5.74) is -1.43. The molecule has 1 amide bonds. The first kappa shape index (κ1) is 20.5. The molecule has 0 aliphatic carbocycles. The maximum absolute atomic E-state index is 12.0. The first-order chi connectivity index (χ1) is 13.7. The van der Waals surface area contributed by atoms with Crippen LogP contribution in [0.2, 0.25) is 5.15 Å². The molecule has 0 radical (unpaired) electrons. The lowest BCUT2D eigenvalue weighted by Crippen LogP contribution is -2.41. The molecular formula is C20H16ClN3O5. The third-order valence-electron chi connectivity index (χ3n) is 4.13. The Hall–Kier alpha value is -3.28. The van der Waals surface area contributed by atoms with E-state index < -0.39 is 23.3 Å². The number of carbonyl (C=O) groups excluding carboxylic acids is 3. The Balaban J connectivity index is 1.95. The van der Waals surface area contributed by atoms with E-state index in [1.54, 1.807) is 31.2 Å². The van der Waals surface area contributed by atoms with E-state index in [4.69, 9.17) is 16.3 Å². The number of ether oxygens (including phenoxy) is 1. The molecule has 3 rings (SSSR count). The molecule has 1 N–H and O–H groups in total. The summed E-state index contributed by atoms with van der Waals surface area (Å²) in [7, 11) is 1.41. The molecule has 9 heteroatoms. The highest BCUT2D eigenvalue weighted by Crippen LogP contribution is 2.21. The number of rotatable bonds is 3. The third kappa shape index (κ3) is 4.11. The van der Waals surface area contributed by atoms with Gasteiger partial charge in [-0.25, -0.2) is 14.8 Å². The van der Waals surface area contributed by atoms with Gasteiger partial charge in [-0.1, -0.05) is 29.7 Å². The highest BCUT2D eigenvalue weighted by Gasteiger charge is 2.50. The number of amides is 1. The molecule has 1 aliphatic heterocycles. The standard InChI is InChI=1S/C20H16ClN3O5/c1-3-29-18(26)14-10-16(21)23-17(22-14)13-6-4-5-12(9-13)7-8-20(28)15(25)11-24(2)19(20)27/h4-6,9-10,28H,3,11H2,1-2H3/t20-/m1/s1. The highest BCUT2D eigenvalue weighted by molar-refractivity contribution is 6.29. The molecule has 8 nitrogen and oxygen atoms in total. The number of Topliss-reactive ketones (excluding diaryl/α,β-unsaturated/α-hetero) is 1. The largest absolute Gasteiger partial charge is 0.461 e. The Morgan fingerprint density at radius 2 is 2.10 bits per heavy atom. The van der Waals surface area contributed by atoms with Crippen LogP contribution in [-0.2, 0) is 14.3 Å². The van der Waals surface area contributed by atoms with Crippen molar-refractivity contribution >= 4 is 29.3 Å². The summed E-state index contributed by atoms with van der Waals surface area (Å²) in [6.07, 6.45) is 0. The van der Waals surface area contributed by atoms with Crippen LogP contribution in [0.5, 0.6) is 0 Å². The molecule has 0 saturated carbocycles. The number of aliphatic hydroxyl groups is 1. The lowest BCUT2D eigenvalue weighted by Gasteiger charge is -2.11. The average molecular weight is 414 g/mol. The smallest absolute Gasteiger partial charge is 0.357 e. The molecule has 1 aromatic carbocycles. The molecule has 148 valence electrons. The molecule has 1 aliphatic rings. The van der Waals surface area contributed by atoms with E-state index in [0.717, 1.165) is 4.90 Å². The van der Waals surface area contributed by atoms with E-state index in [-0.39, 0.29) is 29.8 Å². The van der Waals surface area contributed by atoms with Gasteiger partial charge in [0.25, 0.3) is 11.5 Å². The van der Waals surface area contributed by atoms with Gasteiger partial charge in [-0.2, -0.15) is 0 Å². The monoisotopic (exact) mass is 413 g/mol. The molecule has 1 fully saturated rings. The maximum Gasteiger partial charge on any atom is 0.357 e. The van der Waals surface area contributed by atoms with E-state index in [1.165, 1.54) is 13.1 Å². The number of likely N-dealkylation sites (N-methyl/N-ethyl adjacent to an activating group) is 1. The zero-order valence-electron chi connectivity index (χ0n) is 15.6. The van der Waals surface area contributed by atoms with Crippen molar-refractivity contribution in [2.45, 2.75) is 12.5 Å². The summed E-state index contributed by atoms with van der Waals surface area (Å²) < 4.78 is 4.93. The Morgan fingerprint density at radius 3 is 2.76 bits per heavy atom. The molecule has 29 heavy (non-hydrogen) atoms. The molecule has 2 heterocycles. The lowest BCUT2D eigenvalue weighted by atomic mass is 10.0. The first-order valence-electron chi connectivity index (χ1n) is 8.61. The number of carbonyl (C=O) groups is 3. The Bertz CT molecular complexity index is 1080. The van der Waals surface area contributed by atoms with Gasteiger partial charge in [0.1, 0.15) is 5.15 Å². The minimum absolute atomic E-state index is 0.0119. The molecule has 1 atom stereocenters. The molecule has 1 aromatic heterocycles. The fourth-order valence-electron chi connectivity index (χ4n) is 2.68. The number of ketones is 1. The predicted molar refractivity (Wildman–Crippen MR) is 103 cm³/mol. The van der Waals surface area contributed by atoms with Gasteiger partial charge in [-0.3, -0.25) is 9.59 Å². The number of nitrogens with zero attached hydrogens (tertiary/aromatic N) is 3. The van der Waals surface area contributed by atoms with Crippen LogP contribution in [-0.4, -0.2) is 63.4 Å². The second kappa shape index (κ2) is 7.99. The van der Waals surface area contributed by atoms with Crippen LogP contribution in [0.1, 0.15) is 23.0 Å². The number of halogens is 1. The second-order valence-electron chi connectivity index (χ2n) is 6.25. The Kier molecular flexibility index (Phi) is 5.64. The number of hydrogen-bond donors (Lipinski definition) is 1. The highest BCUT2D eigenvalue weighted by atomic mass is 35.5. The van der Waals surface area contributed by atoms with Crippen molar-refractivity contribution in [3.8, 4) is 23.2 Å². The molecule has 0 bridgehead atoms. The van der Waals surface area contributed by atoms with Crippen molar-refractivity contribution < 1.29 is 24.2 Å². The second-order valence-corrected chi connectivity index (χ2v) is 6.63. The van der Waals surface area contributed by atoms with Crippen molar-refractivity contribution in [3.05, 3.63) is 46.7 Å². The summed E-state index contributed by atoms with van der Waals surface area (Å²) in [6, 6.07) is 7.85. The Labute approximate surface area is 171 Å². The van der Waals surface area contributed by atoms with Crippen LogP contribution >= 0.6 is 11.6 Å². The lowest BCUT2D eigenvalue weighted by molar-refractivity contribution is -0.142. The van der Waals surface area contributed by atoms with Crippen molar-refractivity contribution in [2.24, 2.45) is 0 Å². The van der Waals surface area contributed by atoms with Gasteiger partial charge in [0.2, 0.25) is 5.78 Å². The van der Waals surface area contributed by atoms with E-state index >= 15 is 0 Å². The van der Waals surface area contributed by atoms with Crippen molar-refractivity contribution in [3.63, 3.8) is 0 Å². The summed E-state index contributed by atoms with van der Waals surface area (Å²) in [4.78, 5) is 45.3. The predicted octanol–water partition coefficient (Wildman–Crippen LogP) is 1.10. The van der Waals surface area contributed by atoms with Crippen LogP contribution in [0, 0.1) is 11.8 Å². The maximum atomic E-state index is 12.0. The van der Waals surface area contributed by atoms with E-state index in [9.17, 15) is 19.5 Å². The van der Waals surface area contributed by atoms with Gasteiger partial charge in [-0.15, -0.1) is 0 Å². The minimum Gasteiger partial charge on any atom is -0.461 e. The SMILES string of the molecule is CCOC(=O)c1cc(Cl)nc(-c2cccc(C#C[C@@]3(O)C(=O)CN(C)C3=O)c2)n1. The number of likely N-dealkylation sites (tertiary alicyclic amines) is 1. The van der Waals surface area contributed by atoms with Crippen LogP contribution in [0.3, 0.4) is 0 Å². The van der Waals surface area contributed by atoms with Crippen LogP contribution < -0.4 is 0 Å². The summed E-state index contributed by atoms with van der Waals surface area (Å²) in [5, 5.41) is 10.4. The number of aromatic nitrogens is 2. The number of benzene rings is 1. The van der Waals surface area contributed by atoms with Gasteiger partial charge < -0.3 is 14.7 Å². The minimum atomic E-state index is -2.35. The van der Waals surface area contributed by atoms with Crippen molar-refractivity contribution in [1.82, 2.24) is 14.9 Å². The molecule has 0 spiro atoms. The number of hydrogen-bond acceptors (Lipinski definition) is 7. The van der Waals surface area contributed by atoms with E-state index in [2.05, 4.69) is 21.8 Å². The number of esters is 1. The topological polar surface area (TPSA) is 110 Å². The zero-order chi connectivity index (χ0) is 21.2. The molecule has 0 unspecified atom stereocenters. The Morgan fingerprint density at radius 1 is 1.34 bits per heavy atom. The summed E-state index contributed by atoms with van der Waals surface area (Å²) in [6.45, 7) is 1.67. The van der Waals surface area contributed by atoms with Gasteiger partial charge in [-0.05, 0) is 25.0 Å². The van der Waals surface area contributed by atoms with Gasteiger partial charge in [0.15, 0.2) is 11.5 Å². The fourth-order valence-corrected chi connectivity index (χ4v) is 2.86. The first-order valence-corrected chi connectivity index (χ1v) is 8.99. The van der Waals surface area contributed by atoms with Gasteiger partial charge in [0.05, 0.1) is 13.2 Å². The van der Waals surface area contributed by atoms with Crippen molar-refractivity contribution in [1.29, 1.82) is 0 Å². The van der Waals surface area contributed by atoms with E-state index in [1.807, 2.05) is 0 Å². The van der Waals surface area contributed by atoms with Gasteiger partial charge >= 0.3 is 5.97 Å². The molecular weight excluding hydrogens is 398 g/mol. The van der Waals surface area contributed by atoms with Gasteiger partial charge in [0, 0.05) is 24.2 Å². The fraction of sp³-hybridized carbons (Fsp3) is 0.250. The van der Waals surface area contributed by atoms with Crippen LogP contribution in [0.4, 0.5) is 0 Å². The van der Waals surface area contributed by atoms with Crippen LogP contribution in [0.25, 0.3) is 11.4 Å². The molecule has 2 aromatic rings.